The van der Waals surface area contributed by atoms with Crippen LogP contribution >= 0.6 is 0 Å². The van der Waals surface area contributed by atoms with Gasteiger partial charge >= 0.3 is 0 Å². The minimum atomic E-state index is -2.59. The number of pyridine rings is 1. The monoisotopic (exact) mass is 521 g/mol. The number of rotatable bonds is 8. The fourth-order valence-electron chi connectivity index (χ4n) is 4.45. The van der Waals surface area contributed by atoms with Gasteiger partial charge in [0.05, 0.1) is 6.54 Å². The Balaban J connectivity index is 1.45. The van der Waals surface area contributed by atoms with Crippen LogP contribution in [0.2, 0.25) is 0 Å². The van der Waals surface area contributed by atoms with Crippen LogP contribution in [0.1, 0.15) is 32.6 Å². The highest BCUT2D eigenvalue weighted by Gasteiger charge is 2.34. The average molecular weight is 522 g/mol. The van der Waals surface area contributed by atoms with Gasteiger partial charge in [0.1, 0.15) is 5.39 Å². The van der Waals surface area contributed by atoms with Crippen molar-refractivity contribution in [3.8, 4) is 11.7 Å². The molecule has 0 radical (unpaired) electrons. The van der Waals surface area contributed by atoms with Crippen molar-refractivity contribution in [2.45, 2.75) is 45.1 Å². The lowest BCUT2D eigenvalue weighted by Gasteiger charge is -2.33. The number of anilines is 3. The molecule has 1 aromatic carbocycles. The van der Waals surface area contributed by atoms with Gasteiger partial charge in [-0.1, -0.05) is 31.6 Å². The Morgan fingerprint density at radius 2 is 1.84 bits per heavy atom. The van der Waals surface area contributed by atoms with Crippen molar-refractivity contribution >= 4 is 28.4 Å². The highest BCUT2D eigenvalue weighted by Crippen LogP contribution is 2.31. The lowest BCUT2D eigenvalue weighted by molar-refractivity contribution is -0.0220. The Bertz CT molecular complexity index is 1500. The largest absolute Gasteiger partial charge is 0.493 e. The van der Waals surface area contributed by atoms with Crippen molar-refractivity contribution in [2.75, 3.05) is 23.3 Å². The molecule has 9 nitrogen and oxygen atoms in total. The van der Waals surface area contributed by atoms with Gasteiger partial charge in [0.25, 0.3) is 11.5 Å². The molecule has 4 heterocycles. The van der Waals surface area contributed by atoms with Gasteiger partial charge in [-0.3, -0.25) is 4.79 Å². The van der Waals surface area contributed by atoms with Gasteiger partial charge < -0.3 is 15.3 Å². The van der Waals surface area contributed by atoms with E-state index in [1.54, 1.807) is 16.8 Å². The minimum absolute atomic E-state index is 0.148. The molecule has 11 heteroatoms. The Morgan fingerprint density at radius 3 is 2.55 bits per heavy atom. The van der Waals surface area contributed by atoms with E-state index in [9.17, 15) is 18.7 Å². The molecular formula is C27H29F2N7O2. The van der Waals surface area contributed by atoms with E-state index in [0.717, 1.165) is 18.5 Å². The molecule has 0 aliphatic carbocycles. The van der Waals surface area contributed by atoms with Crippen LogP contribution in [-0.4, -0.2) is 48.4 Å². The highest BCUT2D eigenvalue weighted by molar-refractivity contribution is 5.77. The zero-order valence-electron chi connectivity index (χ0n) is 21.0. The molecule has 198 valence electrons. The van der Waals surface area contributed by atoms with Crippen molar-refractivity contribution in [1.82, 2.24) is 24.3 Å². The van der Waals surface area contributed by atoms with Crippen molar-refractivity contribution < 1.29 is 13.9 Å². The average Bonchev–Trinajstić information content (AvgIpc) is 3.18. The molecule has 0 saturated carbocycles. The third kappa shape index (κ3) is 5.36. The van der Waals surface area contributed by atoms with E-state index in [0.29, 0.717) is 42.2 Å². The summed E-state index contributed by atoms with van der Waals surface area (Å²) in [6.45, 7) is 3.01. The molecule has 0 atom stereocenters. The summed E-state index contributed by atoms with van der Waals surface area (Å²) < 4.78 is 30.1. The maximum atomic E-state index is 13.5. The highest BCUT2D eigenvalue weighted by atomic mass is 19.3. The lowest BCUT2D eigenvalue weighted by atomic mass is 10.1. The number of piperidine rings is 1. The van der Waals surface area contributed by atoms with E-state index < -0.39 is 5.92 Å². The summed E-state index contributed by atoms with van der Waals surface area (Å²) in [4.78, 5) is 28.3. The number of nitrogens with zero attached hydrogens (tertiary/aromatic N) is 6. The molecule has 1 saturated heterocycles. The van der Waals surface area contributed by atoms with E-state index in [1.165, 1.54) is 16.9 Å². The Labute approximate surface area is 218 Å². The summed E-state index contributed by atoms with van der Waals surface area (Å²) >= 11 is 0. The Kier molecular flexibility index (Phi) is 7.08. The standard InChI is InChI=1S/C27H29F2N7O2/c1-2-3-4-5-15-35-25(38)21-18-30-26(33-24(21)36(35)22-7-6-8-23(37)32-22)31-19-9-11-20(12-10-19)34-16-13-27(28,29)14-17-34/h4-12,18H,2-3,13-17H2,1H3,(H,32,37)(H,30,31,33)/b5-4-. The van der Waals surface area contributed by atoms with E-state index in [4.69, 9.17) is 0 Å². The number of nitrogens with one attached hydrogen (secondary N) is 1. The minimum Gasteiger partial charge on any atom is -0.493 e. The first-order valence-electron chi connectivity index (χ1n) is 12.6. The van der Waals surface area contributed by atoms with Crippen LogP contribution < -0.4 is 15.8 Å². The van der Waals surface area contributed by atoms with Gasteiger partial charge in [0.15, 0.2) is 11.5 Å². The summed E-state index contributed by atoms with van der Waals surface area (Å²) in [5, 5.41) is 13.4. The van der Waals surface area contributed by atoms with Crippen molar-refractivity contribution in [3.63, 3.8) is 0 Å². The summed E-state index contributed by atoms with van der Waals surface area (Å²) in [7, 11) is 0. The molecule has 1 fully saturated rings. The number of fused-ring (bicyclic) bond motifs is 1. The van der Waals surface area contributed by atoms with Gasteiger partial charge in [-0.15, -0.1) is 0 Å². The zero-order valence-corrected chi connectivity index (χ0v) is 21.0. The van der Waals surface area contributed by atoms with E-state index in [2.05, 4.69) is 27.2 Å². The molecule has 1 aliphatic heterocycles. The molecule has 0 amide bonds. The lowest BCUT2D eigenvalue weighted by Crippen LogP contribution is -2.39. The van der Waals surface area contributed by atoms with E-state index >= 15 is 0 Å². The first-order valence-corrected chi connectivity index (χ1v) is 12.6. The molecule has 4 aromatic rings. The quantitative estimate of drug-likeness (QED) is 0.314. The Hall–Kier alpha value is -4.28. The predicted octanol–water partition coefficient (Wildman–Crippen LogP) is 5.02. The molecule has 5 rings (SSSR count). The van der Waals surface area contributed by atoms with Crippen LogP contribution in [-0.2, 0) is 6.54 Å². The Morgan fingerprint density at radius 1 is 1.08 bits per heavy atom. The number of alkyl halides is 2. The fourth-order valence-corrected chi connectivity index (χ4v) is 4.45. The molecule has 1 aliphatic rings. The summed E-state index contributed by atoms with van der Waals surface area (Å²) in [6, 6.07) is 12.2. The van der Waals surface area contributed by atoms with Crippen LogP contribution in [0, 0.1) is 0 Å². The maximum Gasteiger partial charge on any atom is 0.278 e. The first kappa shape index (κ1) is 25.4. The third-order valence-electron chi connectivity index (χ3n) is 6.50. The van der Waals surface area contributed by atoms with Crippen molar-refractivity contribution in [2.24, 2.45) is 0 Å². The third-order valence-corrected chi connectivity index (χ3v) is 6.50. The van der Waals surface area contributed by atoms with Crippen LogP contribution in [0.25, 0.3) is 16.9 Å². The number of hydrogen-bond acceptors (Lipinski definition) is 7. The molecule has 2 N–H and O–H groups in total. The fraction of sp³-hybridized carbons (Fsp3) is 0.333. The number of allylic oxidation sites excluding steroid dienone is 2. The molecule has 3 aromatic heterocycles. The van der Waals surface area contributed by atoms with E-state index in [1.807, 2.05) is 41.3 Å². The molecule has 0 spiro atoms. The first-order chi connectivity index (χ1) is 18.3. The molecule has 0 bridgehead atoms. The molecular weight excluding hydrogens is 492 g/mol. The SMILES string of the molecule is CCC/C=C\Cn1c(=O)c2cnc(Nc3ccc(N4CCC(F)(F)CC4)cc3)nc2n1-c1cccc(O)n1. The summed E-state index contributed by atoms with van der Waals surface area (Å²) in [5.41, 5.74) is 1.66. The smallest absolute Gasteiger partial charge is 0.278 e. The number of aromatic nitrogens is 5. The maximum absolute atomic E-state index is 13.5. The predicted molar refractivity (Wildman–Crippen MR) is 143 cm³/mol. The zero-order chi connectivity index (χ0) is 26.7. The van der Waals surface area contributed by atoms with Crippen LogP contribution in [0.5, 0.6) is 5.88 Å². The summed E-state index contributed by atoms with van der Waals surface area (Å²) in [5.74, 6) is -2.14. The number of benzene rings is 1. The van der Waals surface area contributed by atoms with Gasteiger partial charge in [-0.25, -0.2) is 23.1 Å². The number of halogens is 2. The number of aromatic hydroxyl groups is 1. The van der Waals surface area contributed by atoms with Gasteiger partial charge in [-0.2, -0.15) is 9.97 Å². The molecule has 38 heavy (non-hydrogen) atoms. The molecule has 0 unspecified atom stereocenters. The van der Waals surface area contributed by atoms with Gasteiger partial charge in [0, 0.05) is 49.6 Å². The van der Waals surface area contributed by atoms with Crippen LogP contribution in [0.4, 0.5) is 26.1 Å². The van der Waals surface area contributed by atoms with Gasteiger partial charge in [-0.05, 0) is 36.8 Å². The van der Waals surface area contributed by atoms with Crippen LogP contribution in [0.3, 0.4) is 0 Å². The number of unbranched alkanes of at least 4 members (excludes halogenated alkanes) is 1. The van der Waals surface area contributed by atoms with E-state index in [-0.39, 0.29) is 30.2 Å². The van der Waals surface area contributed by atoms with Crippen LogP contribution in [0.15, 0.2) is 65.6 Å². The normalized spacial score (nSPS) is 15.4. The summed E-state index contributed by atoms with van der Waals surface area (Å²) in [6.07, 6.45) is 7.01. The second-order valence-corrected chi connectivity index (χ2v) is 9.26. The topological polar surface area (TPSA) is 101 Å². The van der Waals surface area contributed by atoms with Crippen molar-refractivity contribution in [1.29, 1.82) is 0 Å². The van der Waals surface area contributed by atoms with Gasteiger partial charge in [0.2, 0.25) is 11.8 Å². The second-order valence-electron chi connectivity index (χ2n) is 9.26. The second kappa shape index (κ2) is 10.6. The number of hydrogen-bond donors (Lipinski definition) is 2. The van der Waals surface area contributed by atoms with Crippen molar-refractivity contribution in [3.05, 3.63) is 71.2 Å².